The maximum absolute atomic E-state index is 12.1. The molecule has 1 atom stereocenters. The lowest BCUT2D eigenvalue weighted by Gasteiger charge is -2.29. The van der Waals surface area contributed by atoms with Gasteiger partial charge in [0.05, 0.1) is 10.9 Å². The van der Waals surface area contributed by atoms with Gasteiger partial charge in [-0.15, -0.1) is 11.3 Å². The van der Waals surface area contributed by atoms with Crippen LogP contribution in [0.15, 0.2) is 15.9 Å². The lowest BCUT2D eigenvalue weighted by molar-refractivity contribution is 0.0898. The van der Waals surface area contributed by atoms with Crippen LogP contribution < -0.4 is 5.32 Å². The van der Waals surface area contributed by atoms with Crippen LogP contribution in [0.5, 0.6) is 0 Å². The van der Waals surface area contributed by atoms with E-state index in [1.807, 2.05) is 18.5 Å². The van der Waals surface area contributed by atoms with Crippen molar-refractivity contribution in [2.75, 3.05) is 26.7 Å². The van der Waals surface area contributed by atoms with Gasteiger partial charge in [-0.25, -0.2) is 0 Å². The smallest absolute Gasteiger partial charge is 0.190 e. The molecule has 0 aromatic carbocycles. The van der Waals surface area contributed by atoms with E-state index in [0.29, 0.717) is 0 Å². The van der Waals surface area contributed by atoms with E-state index in [9.17, 15) is 4.79 Å². The van der Waals surface area contributed by atoms with Crippen molar-refractivity contribution >= 4 is 33.0 Å². The molecule has 0 radical (unpaired) electrons. The number of carbonyl (C=O) groups is 1. The molecule has 2 heterocycles. The highest BCUT2D eigenvalue weighted by Crippen LogP contribution is 2.21. The lowest BCUT2D eigenvalue weighted by Crippen LogP contribution is -2.52. The molecule has 0 amide bonds. The van der Waals surface area contributed by atoms with Crippen molar-refractivity contribution in [1.82, 2.24) is 10.2 Å². The summed E-state index contributed by atoms with van der Waals surface area (Å²) >= 11 is 4.86. The van der Waals surface area contributed by atoms with Crippen molar-refractivity contribution in [3.63, 3.8) is 0 Å². The van der Waals surface area contributed by atoms with E-state index in [0.717, 1.165) is 29.0 Å². The predicted molar refractivity (Wildman–Crippen MR) is 65.6 cm³/mol. The van der Waals surface area contributed by atoms with E-state index in [1.165, 1.54) is 11.3 Å². The molecule has 0 spiro atoms. The van der Waals surface area contributed by atoms with Crippen molar-refractivity contribution < 1.29 is 4.79 Å². The van der Waals surface area contributed by atoms with Crippen molar-refractivity contribution in [2.24, 2.45) is 0 Å². The molecule has 1 fully saturated rings. The highest BCUT2D eigenvalue weighted by molar-refractivity contribution is 9.10. The third-order valence-corrected chi connectivity index (χ3v) is 4.21. The van der Waals surface area contributed by atoms with E-state index in [4.69, 9.17) is 0 Å². The molecule has 2 rings (SSSR count). The predicted octanol–water partition coefficient (Wildman–Crippen LogP) is 1.60. The normalized spacial score (nSPS) is 22.9. The Morgan fingerprint density at radius 2 is 2.53 bits per heavy atom. The lowest BCUT2D eigenvalue weighted by atomic mass is 10.1. The summed E-state index contributed by atoms with van der Waals surface area (Å²) in [7, 11) is 2.05. The number of hydrogen-bond acceptors (Lipinski definition) is 4. The fraction of sp³-hybridized carbons (Fsp3) is 0.500. The number of ketones is 1. The van der Waals surface area contributed by atoms with E-state index >= 15 is 0 Å². The molecular weight excluding hydrogens is 276 g/mol. The summed E-state index contributed by atoms with van der Waals surface area (Å²) in [5.41, 5.74) is 0. The number of rotatable bonds is 2. The number of hydrogen-bond donors (Lipinski definition) is 1. The number of carbonyl (C=O) groups excluding carboxylic acids is 1. The Morgan fingerprint density at radius 3 is 3.13 bits per heavy atom. The second kappa shape index (κ2) is 4.74. The molecule has 15 heavy (non-hydrogen) atoms. The van der Waals surface area contributed by atoms with Crippen LogP contribution in [-0.4, -0.2) is 43.4 Å². The molecule has 0 saturated carbocycles. The third-order valence-electron chi connectivity index (χ3n) is 2.51. The van der Waals surface area contributed by atoms with E-state index < -0.39 is 0 Å². The first-order valence-corrected chi connectivity index (χ1v) is 6.54. The van der Waals surface area contributed by atoms with Gasteiger partial charge in [-0.05, 0) is 29.0 Å². The number of thiophene rings is 1. The summed E-state index contributed by atoms with van der Waals surface area (Å²) in [4.78, 5) is 15.1. The van der Waals surface area contributed by atoms with Crippen LogP contribution in [0.3, 0.4) is 0 Å². The molecular formula is C10H13BrN2OS. The van der Waals surface area contributed by atoms with Gasteiger partial charge in [-0.2, -0.15) is 0 Å². The van der Waals surface area contributed by atoms with Gasteiger partial charge in [-0.1, -0.05) is 0 Å². The molecule has 1 saturated heterocycles. The molecule has 1 aromatic heterocycles. The van der Waals surface area contributed by atoms with Crippen molar-refractivity contribution in [3.05, 3.63) is 20.8 Å². The molecule has 1 unspecified atom stereocenters. The minimum Gasteiger partial charge on any atom is -0.305 e. The molecule has 1 aliphatic rings. The zero-order chi connectivity index (χ0) is 10.8. The first-order chi connectivity index (χ1) is 7.16. The van der Waals surface area contributed by atoms with Gasteiger partial charge >= 0.3 is 0 Å². The molecule has 0 aliphatic carbocycles. The number of piperazine rings is 1. The zero-order valence-electron chi connectivity index (χ0n) is 8.50. The number of Topliss-reactive ketones (excluding diaryl/α,β-unsaturated/α-hetero) is 1. The highest BCUT2D eigenvalue weighted by Gasteiger charge is 2.25. The standard InChI is InChI=1S/C10H13BrN2OS/c1-13-3-2-12-8(5-13)10(14)9-4-7(11)6-15-9/h4,6,8,12H,2-3,5H2,1H3. The summed E-state index contributed by atoms with van der Waals surface area (Å²) < 4.78 is 0.986. The van der Waals surface area contributed by atoms with Gasteiger partial charge in [0, 0.05) is 29.5 Å². The van der Waals surface area contributed by atoms with Gasteiger partial charge in [0.25, 0.3) is 0 Å². The highest BCUT2D eigenvalue weighted by atomic mass is 79.9. The fourth-order valence-electron chi connectivity index (χ4n) is 1.69. The molecule has 1 aromatic rings. The van der Waals surface area contributed by atoms with Crippen LogP contribution in [-0.2, 0) is 0 Å². The average Bonchev–Trinajstić information content (AvgIpc) is 2.64. The quantitative estimate of drug-likeness (QED) is 0.839. The number of halogens is 1. The van der Waals surface area contributed by atoms with E-state index in [1.54, 1.807) is 0 Å². The first-order valence-electron chi connectivity index (χ1n) is 4.87. The number of nitrogens with one attached hydrogen (secondary N) is 1. The van der Waals surface area contributed by atoms with Gasteiger partial charge in [0.1, 0.15) is 0 Å². The summed E-state index contributed by atoms with van der Waals surface area (Å²) in [6.07, 6.45) is 0. The van der Waals surface area contributed by atoms with E-state index in [2.05, 4.69) is 26.1 Å². The topological polar surface area (TPSA) is 32.3 Å². The molecule has 1 N–H and O–H groups in total. The molecule has 5 heteroatoms. The fourth-order valence-corrected chi connectivity index (χ4v) is 3.11. The van der Waals surface area contributed by atoms with Crippen LogP contribution in [0.4, 0.5) is 0 Å². The Labute approximate surface area is 102 Å². The number of likely N-dealkylation sites (N-methyl/N-ethyl adjacent to an activating group) is 1. The Balaban J connectivity index is 2.07. The van der Waals surface area contributed by atoms with Crippen LogP contribution in [0.1, 0.15) is 9.67 Å². The Kier molecular flexibility index (Phi) is 3.56. The molecule has 3 nitrogen and oxygen atoms in total. The van der Waals surface area contributed by atoms with E-state index in [-0.39, 0.29) is 11.8 Å². The largest absolute Gasteiger partial charge is 0.305 e. The van der Waals surface area contributed by atoms with Crippen molar-refractivity contribution in [1.29, 1.82) is 0 Å². The summed E-state index contributed by atoms with van der Waals surface area (Å²) in [5, 5.41) is 5.20. The second-order valence-corrected chi connectivity index (χ2v) is 5.59. The van der Waals surface area contributed by atoms with Crippen molar-refractivity contribution in [2.45, 2.75) is 6.04 Å². The zero-order valence-corrected chi connectivity index (χ0v) is 10.9. The average molecular weight is 289 g/mol. The second-order valence-electron chi connectivity index (χ2n) is 3.76. The van der Waals surface area contributed by atoms with Crippen LogP contribution in [0, 0.1) is 0 Å². The Bertz CT molecular complexity index is 366. The third kappa shape index (κ3) is 2.66. The minimum absolute atomic E-state index is 0.0469. The Morgan fingerprint density at radius 1 is 1.73 bits per heavy atom. The summed E-state index contributed by atoms with van der Waals surface area (Å²) in [6.45, 7) is 2.70. The molecule has 1 aliphatic heterocycles. The van der Waals surface area contributed by atoms with Gasteiger partial charge in [0.2, 0.25) is 0 Å². The number of nitrogens with zero attached hydrogens (tertiary/aromatic N) is 1. The summed E-state index contributed by atoms with van der Waals surface area (Å²) in [5.74, 6) is 0.206. The van der Waals surface area contributed by atoms with Crippen LogP contribution >= 0.6 is 27.3 Å². The summed E-state index contributed by atoms with van der Waals surface area (Å²) in [6, 6.07) is 1.85. The van der Waals surface area contributed by atoms with Gasteiger partial charge in [0.15, 0.2) is 5.78 Å². The SMILES string of the molecule is CN1CCNC(C(=O)c2cc(Br)cs2)C1. The maximum atomic E-state index is 12.1. The molecule has 82 valence electrons. The first kappa shape index (κ1) is 11.3. The minimum atomic E-state index is -0.0469. The van der Waals surface area contributed by atoms with Crippen molar-refractivity contribution in [3.8, 4) is 0 Å². The van der Waals surface area contributed by atoms with Gasteiger partial charge < -0.3 is 10.2 Å². The van der Waals surface area contributed by atoms with Gasteiger partial charge in [-0.3, -0.25) is 4.79 Å². The Hall–Kier alpha value is -0.230. The van der Waals surface area contributed by atoms with Crippen LogP contribution in [0.25, 0.3) is 0 Å². The van der Waals surface area contributed by atoms with Crippen LogP contribution in [0.2, 0.25) is 0 Å². The molecule has 0 bridgehead atoms. The maximum Gasteiger partial charge on any atom is 0.190 e. The monoisotopic (exact) mass is 288 g/mol.